The van der Waals surface area contributed by atoms with E-state index in [-0.39, 0.29) is 0 Å². The molecule has 0 amide bonds. The van der Waals surface area contributed by atoms with Gasteiger partial charge in [0, 0.05) is 44.2 Å². The summed E-state index contributed by atoms with van der Waals surface area (Å²) in [4.78, 5) is 2.35. The average Bonchev–Trinajstić information content (AvgIpc) is 3.75. The molecule has 0 aliphatic carbocycles. The number of fused-ring (bicyclic) bond motifs is 6. The lowest BCUT2D eigenvalue weighted by molar-refractivity contribution is 0.670. The second-order valence-electron chi connectivity index (χ2n) is 12.9. The normalized spacial score (nSPS) is 11.5. The van der Waals surface area contributed by atoms with Crippen molar-refractivity contribution in [3.63, 3.8) is 0 Å². The number of hydrogen-bond acceptors (Lipinski definition) is 2. The van der Waals surface area contributed by atoms with Crippen molar-refractivity contribution in [3.8, 4) is 27.9 Å². The van der Waals surface area contributed by atoms with Crippen LogP contribution in [-0.4, -0.2) is 4.57 Å². The Labute approximate surface area is 295 Å². The van der Waals surface area contributed by atoms with Gasteiger partial charge >= 0.3 is 0 Å². The first kappa shape index (κ1) is 29.1. The molecule has 0 saturated carbocycles. The lowest BCUT2D eigenvalue weighted by Crippen LogP contribution is -2.11. The summed E-state index contributed by atoms with van der Waals surface area (Å²) in [6.07, 6.45) is 0. The third-order valence-electron chi connectivity index (χ3n) is 9.99. The summed E-state index contributed by atoms with van der Waals surface area (Å²) in [6.45, 7) is 0. The van der Waals surface area contributed by atoms with Crippen LogP contribution in [0, 0.1) is 0 Å². The molecule has 0 aliphatic rings. The van der Waals surface area contributed by atoms with Gasteiger partial charge in [-0.25, -0.2) is 0 Å². The maximum absolute atomic E-state index is 6.82. The van der Waals surface area contributed by atoms with Gasteiger partial charge in [0.15, 0.2) is 0 Å². The van der Waals surface area contributed by atoms with E-state index in [4.69, 9.17) is 4.42 Å². The van der Waals surface area contributed by atoms with Crippen LogP contribution in [0.2, 0.25) is 0 Å². The molecule has 0 saturated heterocycles. The highest BCUT2D eigenvalue weighted by molar-refractivity contribution is 6.14. The third-order valence-corrected chi connectivity index (χ3v) is 9.99. The van der Waals surface area contributed by atoms with Crippen LogP contribution < -0.4 is 4.90 Å². The Balaban J connectivity index is 1.24. The SMILES string of the molecule is c1ccc(-c2ccc(N(c3ccccc3)c3ccc4c(oc5ccccc54)c3-c3cccc(-n4c5ccccc5c5ccccc54)c3)cc2)cc1. The maximum atomic E-state index is 6.82. The molecule has 240 valence electrons. The number of nitrogens with zero attached hydrogens (tertiary/aromatic N) is 2. The third kappa shape index (κ3) is 4.82. The van der Waals surface area contributed by atoms with Crippen LogP contribution in [0.15, 0.2) is 199 Å². The van der Waals surface area contributed by atoms with E-state index in [1.165, 1.54) is 32.9 Å². The van der Waals surface area contributed by atoms with Crippen molar-refractivity contribution in [2.45, 2.75) is 0 Å². The minimum absolute atomic E-state index is 0.870. The molecule has 0 spiro atoms. The number of para-hydroxylation sites is 4. The van der Waals surface area contributed by atoms with Gasteiger partial charge in [-0.2, -0.15) is 0 Å². The zero-order chi connectivity index (χ0) is 33.7. The van der Waals surface area contributed by atoms with Crippen molar-refractivity contribution in [3.05, 3.63) is 194 Å². The number of anilines is 3. The highest BCUT2D eigenvalue weighted by atomic mass is 16.3. The van der Waals surface area contributed by atoms with Crippen molar-refractivity contribution < 1.29 is 4.42 Å². The van der Waals surface area contributed by atoms with E-state index in [2.05, 4.69) is 198 Å². The van der Waals surface area contributed by atoms with Crippen LogP contribution >= 0.6 is 0 Å². The van der Waals surface area contributed by atoms with E-state index in [1.54, 1.807) is 0 Å². The first-order chi connectivity index (χ1) is 25.3. The zero-order valence-corrected chi connectivity index (χ0v) is 27.8. The topological polar surface area (TPSA) is 21.3 Å². The highest BCUT2D eigenvalue weighted by Gasteiger charge is 2.23. The Morgan fingerprint density at radius 3 is 1.69 bits per heavy atom. The van der Waals surface area contributed by atoms with Crippen molar-refractivity contribution >= 4 is 60.8 Å². The molecule has 0 bridgehead atoms. The Bertz CT molecular complexity index is 2790. The Hall–Kier alpha value is -6.84. The predicted octanol–water partition coefficient (Wildman–Crippen LogP) is 13.5. The molecule has 51 heavy (non-hydrogen) atoms. The summed E-state index contributed by atoms with van der Waals surface area (Å²) in [6, 6.07) is 69.0. The summed E-state index contributed by atoms with van der Waals surface area (Å²) in [5.74, 6) is 0. The average molecular weight is 653 g/mol. The smallest absolute Gasteiger partial charge is 0.145 e. The van der Waals surface area contributed by atoms with E-state index < -0.39 is 0 Å². The van der Waals surface area contributed by atoms with E-state index in [0.717, 1.165) is 55.8 Å². The number of rotatable bonds is 6. The van der Waals surface area contributed by atoms with Gasteiger partial charge in [0.25, 0.3) is 0 Å². The van der Waals surface area contributed by atoms with Crippen molar-refractivity contribution in [2.24, 2.45) is 0 Å². The zero-order valence-electron chi connectivity index (χ0n) is 27.8. The molecule has 0 atom stereocenters. The van der Waals surface area contributed by atoms with Gasteiger partial charge in [-0.1, -0.05) is 127 Å². The van der Waals surface area contributed by atoms with Gasteiger partial charge in [-0.05, 0) is 83.4 Å². The van der Waals surface area contributed by atoms with E-state index >= 15 is 0 Å². The van der Waals surface area contributed by atoms with Crippen LogP contribution in [0.1, 0.15) is 0 Å². The monoisotopic (exact) mass is 652 g/mol. The summed E-state index contributed by atoms with van der Waals surface area (Å²) in [5.41, 5.74) is 12.9. The van der Waals surface area contributed by atoms with Crippen molar-refractivity contribution in [1.29, 1.82) is 0 Å². The molecule has 2 aromatic heterocycles. The predicted molar refractivity (Wildman–Crippen MR) is 214 cm³/mol. The number of furan rings is 1. The minimum Gasteiger partial charge on any atom is -0.455 e. The molecular formula is C48H32N2O. The highest BCUT2D eigenvalue weighted by Crippen LogP contribution is 2.47. The summed E-state index contributed by atoms with van der Waals surface area (Å²) >= 11 is 0. The van der Waals surface area contributed by atoms with Crippen LogP contribution in [-0.2, 0) is 0 Å². The second kappa shape index (κ2) is 11.9. The minimum atomic E-state index is 0.870. The Morgan fingerprint density at radius 1 is 0.392 bits per heavy atom. The van der Waals surface area contributed by atoms with Gasteiger partial charge in [-0.3, -0.25) is 0 Å². The van der Waals surface area contributed by atoms with Gasteiger partial charge in [0.05, 0.1) is 16.7 Å². The fourth-order valence-electron chi connectivity index (χ4n) is 7.68. The standard InChI is InChI=1S/C48H32N2O/c1-3-14-33(15-4-1)34-26-28-37(29-27-34)49(36-17-5-2-6-18-36)45-31-30-42-41-22-9-12-25-46(41)51-48(42)47(45)35-16-13-19-38(32-35)50-43-23-10-7-20-39(43)40-21-8-11-24-44(40)50/h1-32H. The molecule has 0 radical (unpaired) electrons. The van der Waals surface area contributed by atoms with Gasteiger partial charge in [-0.15, -0.1) is 0 Å². The first-order valence-corrected chi connectivity index (χ1v) is 17.4. The Kier molecular flexibility index (Phi) is 6.81. The lowest BCUT2D eigenvalue weighted by Gasteiger charge is -2.28. The quantitative estimate of drug-likeness (QED) is 0.178. The van der Waals surface area contributed by atoms with Gasteiger partial charge < -0.3 is 13.9 Å². The van der Waals surface area contributed by atoms with Crippen LogP contribution in [0.25, 0.3) is 71.7 Å². The molecule has 0 unspecified atom stereocenters. The largest absolute Gasteiger partial charge is 0.455 e. The Morgan fingerprint density at radius 2 is 0.961 bits per heavy atom. The fourth-order valence-corrected chi connectivity index (χ4v) is 7.68. The molecule has 8 aromatic carbocycles. The number of aromatic nitrogens is 1. The molecule has 3 nitrogen and oxygen atoms in total. The van der Waals surface area contributed by atoms with Crippen molar-refractivity contribution in [1.82, 2.24) is 4.57 Å². The van der Waals surface area contributed by atoms with E-state index in [1.807, 2.05) is 6.07 Å². The summed E-state index contributed by atoms with van der Waals surface area (Å²) < 4.78 is 9.19. The fraction of sp³-hybridized carbons (Fsp3) is 0. The van der Waals surface area contributed by atoms with Gasteiger partial charge in [0.1, 0.15) is 11.2 Å². The lowest BCUT2D eigenvalue weighted by atomic mass is 9.97. The molecular weight excluding hydrogens is 621 g/mol. The molecule has 0 aliphatic heterocycles. The van der Waals surface area contributed by atoms with E-state index in [0.29, 0.717) is 0 Å². The molecule has 3 heteroatoms. The first-order valence-electron chi connectivity index (χ1n) is 17.4. The molecule has 10 aromatic rings. The number of benzene rings is 8. The van der Waals surface area contributed by atoms with E-state index in [9.17, 15) is 0 Å². The number of hydrogen-bond donors (Lipinski definition) is 0. The molecule has 10 rings (SSSR count). The maximum Gasteiger partial charge on any atom is 0.145 e. The van der Waals surface area contributed by atoms with Crippen LogP contribution in [0.5, 0.6) is 0 Å². The molecule has 0 N–H and O–H groups in total. The van der Waals surface area contributed by atoms with Crippen LogP contribution in [0.3, 0.4) is 0 Å². The summed E-state index contributed by atoms with van der Waals surface area (Å²) in [7, 11) is 0. The molecule has 2 heterocycles. The molecule has 0 fully saturated rings. The second-order valence-corrected chi connectivity index (χ2v) is 12.9. The van der Waals surface area contributed by atoms with Crippen LogP contribution in [0.4, 0.5) is 17.1 Å². The van der Waals surface area contributed by atoms with Crippen molar-refractivity contribution in [2.75, 3.05) is 4.90 Å². The van der Waals surface area contributed by atoms with Gasteiger partial charge in [0.2, 0.25) is 0 Å². The summed E-state index contributed by atoms with van der Waals surface area (Å²) in [5, 5.41) is 4.69.